The maximum atomic E-state index is 11.7. The number of cyclic esters (lactones) is 1. The Hall–Kier alpha value is -0.680. The summed E-state index contributed by atoms with van der Waals surface area (Å²) < 4.78 is 11.4. The van der Waals surface area contributed by atoms with Gasteiger partial charge in [-0.15, -0.1) is 12.6 Å². The lowest BCUT2D eigenvalue weighted by Crippen LogP contribution is -2.39. The van der Waals surface area contributed by atoms with Crippen LogP contribution in [-0.4, -0.2) is 11.8 Å². The first kappa shape index (κ1) is 10.8. The van der Waals surface area contributed by atoms with Crippen molar-refractivity contribution in [3.8, 4) is 5.75 Å². The van der Waals surface area contributed by atoms with Gasteiger partial charge in [-0.1, -0.05) is 0 Å². The van der Waals surface area contributed by atoms with E-state index in [9.17, 15) is 4.79 Å². The fourth-order valence-electron chi connectivity index (χ4n) is 1.38. The first-order valence-corrected chi connectivity index (χ1v) is 5.58. The van der Waals surface area contributed by atoms with Gasteiger partial charge in [0.1, 0.15) is 5.56 Å². The molecule has 2 rings (SSSR count). The van der Waals surface area contributed by atoms with E-state index < -0.39 is 11.8 Å². The quantitative estimate of drug-likeness (QED) is 0.589. The molecule has 0 aliphatic carbocycles. The van der Waals surface area contributed by atoms with E-state index in [1.165, 1.54) is 0 Å². The van der Waals surface area contributed by atoms with Crippen molar-refractivity contribution in [2.75, 3.05) is 0 Å². The van der Waals surface area contributed by atoms with Crippen molar-refractivity contribution in [3.05, 3.63) is 22.2 Å². The van der Waals surface area contributed by atoms with E-state index in [0.29, 0.717) is 16.2 Å². The van der Waals surface area contributed by atoms with Gasteiger partial charge in [0.2, 0.25) is 5.79 Å². The summed E-state index contributed by atoms with van der Waals surface area (Å²) in [5, 5.41) is 0. The molecule has 3 nitrogen and oxygen atoms in total. The lowest BCUT2D eigenvalue weighted by Gasteiger charge is -2.32. The van der Waals surface area contributed by atoms with Gasteiger partial charge in [0.25, 0.3) is 0 Å². The van der Waals surface area contributed by atoms with Gasteiger partial charge in [-0.2, -0.15) is 0 Å². The van der Waals surface area contributed by atoms with Crippen LogP contribution in [0.3, 0.4) is 0 Å². The predicted octanol–water partition coefficient (Wildman–Crippen LogP) is 3.02. The number of fused-ring (bicyclic) bond motifs is 1. The van der Waals surface area contributed by atoms with Gasteiger partial charge in [-0.25, -0.2) is 4.79 Å². The van der Waals surface area contributed by atoms with Gasteiger partial charge >= 0.3 is 5.97 Å². The second kappa shape index (κ2) is 3.42. The van der Waals surface area contributed by atoms with Crippen molar-refractivity contribution in [3.63, 3.8) is 0 Å². The first-order chi connectivity index (χ1) is 6.91. The van der Waals surface area contributed by atoms with Crippen LogP contribution in [0, 0.1) is 0 Å². The van der Waals surface area contributed by atoms with E-state index in [2.05, 4.69) is 28.6 Å². The van der Waals surface area contributed by atoms with Crippen LogP contribution in [0.15, 0.2) is 21.5 Å². The van der Waals surface area contributed by atoms with Crippen LogP contribution >= 0.6 is 28.6 Å². The summed E-state index contributed by atoms with van der Waals surface area (Å²) >= 11 is 7.53. The molecule has 0 saturated carbocycles. The van der Waals surface area contributed by atoms with Crippen LogP contribution in [-0.2, 0) is 4.74 Å². The van der Waals surface area contributed by atoms with Gasteiger partial charge in [0.15, 0.2) is 5.75 Å². The molecule has 15 heavy (non-hydrogen) atoms. The van der Waals surface area contributed by atoms with Crippen LogP contribution in [0.4, 0.5) is 0 Å². The summed E-state index contributed by atoms with van der Waals surface area (Å²) in [4.78, 5) is 12.3. The molecule has 0 spiro atoms. The Kier molecular flexibility index (Phi) is 2.47. The molecule has 0 N–H and O–H groups in total. The molecule has 1 aromatic rings. The van der Waals surface area contributed by atoms with Gasteiger partial charge in [-0.05, 0) is 28.1 Å². The van der Waals surface area contributed by atoms with Crippen LogP contribution in [0.1, 0.15) is 24.2 Å². The van der Waals surface area contributed by atoms with Gasteiger partial charge < -0.3 is 9.47 Å². The van der Waals surface area contributed by atoms with Gasteiger partial charge in [0, 0.05) is 18.7 Å². The molecule has 0 aromatic heterocycles. The minimum Gasteiger partial charge on any atom is -0.451 e. The molecule has 80 valence electrons. The number of carbonyl (C=O) groups is 1. The Morgan fingerprint density at radius 1 is 1.33 bits per heavy atom. The molecule has 0 atom stereocenters. The average molecular weight is 289 g/mol. The summed E-state index contributed by atoms with van der Waals surface area (Å²) in [5.74, 6) is -0.856. The van der Waals surface area contributed by atoms with Crippen molar-refractivity contribution >= 4 is 34.5 Å². The molecule has 1 aliphatic rings. The Morgan fingerprint density at radius 3 is 2.67 bits per heavy atom. The molecular formula is C10H9BrO3S. The Labute approximate surface area is 101 Å². The number of esters is 1. The minimum absolute atomic E-state index is 0.368. The first-order valence-electron chi connectivity index (χ1n) is 4.34. The molecule has 1 heterocycles. The van der Waals surface area contributed by atoms with Crippen molar-refractivity contribution in [1.82, 2.24) is 0 Å². The Balaban J connectivity index is 2.64. The topological polar surface area (TPSA) is 35.5 Å². The van der Waals surface area contributed by atoms with Crippen molar-refractivity contribution in [2.45, 2.75) is 24.5 Å². The van der Waals surface area contributed by atoms with Crippen LogP contribution in [0.2, 0.25) is 0 Å². The molecule has 1 aliphatic heterocycles. The SMILES string of the molecule is CC1(C)OC(=O)c2c(S)ccc(Br)c2O1. The molecule has 0 bridgehead atoms. The number of ether oxygens (including phenoxy) is 2. The van der Waals surface area contributed by atoms with Crippen LogP contribution < -0.4 is 4.74 Å². The van der Waals surface area contributed by atoms with E-state index >= 15 is 0 Å². The lowest BCUT2D eigenvalue weighted by atomic mass is 10.1. The van der Waals surface area contributed by atoms with Crippen molar-refractivity contribution in [1.29, 1.82) is 0 Å². The molecule has 0 unspecified atom stereocenters. The number of thiol groups is 1. The number of hydrogen-bond donors (Lipinski definition) is 1. The van der Waals surface area contributed by atoms with E-state index in [1.807, 2.05) is 0 Å². The van der Waals surface area contributed by atoms with Crippen LogP contribution in [0.25, 0.3) is 0 Å². The highest BCUT2D eigenvalue weighted by molar-refractivity contribution is 9.10. The highest BCUT2D eigenvalue weighted by atomic mass is 79.9. The molecule has 0 fully saturated rings. The predicted molar refractivity (Wildman–Crippen MR) is 61.5 cm³/mol. The van der Waals surface area contributed by atoms with Crippen LogP contribution in [0.5, 0.6) is 5.75 Å². The summed E-state index contributed by atoms with van der Waals surface area (Å²) in [6, 6.07) is 3.50. The van der Waals surface area contributed by atoms with Gasteiger partial charge in [-0.3, -0.25) is 0 Å². The molecule has 0 amide bonds. The normalized spacial score (nSPS) is 17.7. The smallest absolute Gasteiger partial charge is 0.346 e. The van der Waals surface area contributed by atoms with E-state index in [0.717, 1.165) is 4.47 Å². The van der Waals surface area contributed by atoms with Gasteiger partial charge in [0.05, 0.1) is 4.47 Å². The second-order valence-corrected chi connectivity index (χ2v) is 5.00. The molecular weight excluding hydrogens is 280 g/mol. The zero-order chi connectivity index (χ0) is 11.2. The number of hydrogen-bond acceptors (Lipinski definition) is 4. The third-order valence-electron chi connectivity index (χ3n) is 1.98. The molecule has 0 saturated heterocycles. The lowest BCUT2D eigenvalue weighted by molar-refractivity contribution is -0.128. The fraction of sp³-hybridized carbons (Fsp3) is 0.300. The summed E-state index contributed by atoms with van der Waals surface area (Å²) in [6.07, 6.45) is 0. The summed E-state index contributed by atoms with van der Waals surface area (Å²) in [7, 11) is 0. The zero-order valence-corrected chi connectivity index (χ0v) is 10.7. The van der Waals surface area contributed by atoms with E-state index in [-0.39, 0.29) is 0 Å². The maximum Gasteiger partial charge on any atom is 0.346 e. The number of rotatable bonds is 0. The Bertz CT molecular complexity index is 443. The largest absolute Gasteiger partial charge is 0.451 e. The summed E-state index contributed by atoms with van der Waals surface area (Å²) in [5.41, 5.74) is 0.368. The summed E-state index contributed by atoms with van der Waals surface area (Å²) in [6.45, 7) is 3.37. The van der Waals surface area contributed by atoms with E-state index in [1.54, 1.807) is 26.0 Å². The monoisotopic (exact) mass is 288 g/mol. The maximum absolute atomic E-state index is 11.7. The number of benzene rings is 1. The zero-order valence-electron chi connectivity index (χ0n) is 8.20. The average Bonchev–Trinajstić information content (AvgIpc) is 2.09. The molecule has 0 radical (unpaired) electrons. The fourth-order valence-corrected chi connectivity index (χ4v) is 2.06. The van der Waals surface area contributed by atoms with Crippen molar-refractivity contribution in [2.24, 2.45) is 0 Å². The standard InChI is InChI=1S/C10H9BrO3S/c1-10(2)13-8-5(11)3-4-6(15)7(8)9(12)14-10/h3-4,15H,1-2H3. The van der Waals surface area contributed by atoms with E-state index in [4.69, 9.17) is 9.47 Å². The molecule has 1 aromatic carbocycles. The third kappa shape index (κ3) is 1.86. The van der Waals surface area contributed by atoms with Crippen molar-refractivity contribution < 1.29 is 14.3 Å². The highest BCUT2D eigenvalue weighted by Gasteiger charge is 2.36. The second-order valence-electron chi connectivity index (χ2n) is 3.66. The Morgan fingerprint density at radius 2 is 2.00 bits per heavy atom. The minimum atomic E-state index is -0.936. The number of halogens is 1. The highest BCUT2D eigenvalue weighted by Crippen LogP contribution is 2.40. The third-order valence-corrected chi connectivity index (χ3v) is 2.98. The molecule has 5 heteroatoms. The number of carbonyl (C=O) groups excluding carboxylic acids is 1.